The van der Waals surface area contributed by atoms with Gasteiger partial charge < -0.3 is 5.32 Å². The highest BCUT2D eigenvalue weighted by Crippen LogP contribution is 2.30. The lowest BCUT2D eigenvalue weighted by atomic mass is 9.90. The van der Waals surface area contributed by atoms with E-state index in [4.69, 9.17) is 4.98 Å². The van der Waals surface area contributed by atoms with Crippen LogP contribution in [0.2, 0.25) is 0 Å². The molecule has 0 unspecified atom stereocenters. The Morgan fingerprint density at radius 2 is 2.11 bits per heavy atom. The zero-order valence-electron chi connectivity index (χ0n) is 11.4. The van der Waals surface area contributed by atoms with Crippen LogP contribution in [0.5, 0.6) is 0 Å². The minimum absolute atomic E-state index is 0.0767. The Kier molecular flexibility index (Phi) is 3.83. The van der Waals surface area contributed by atoms with E-state index in [1.165, 1.54) is 16.8 Å². The van der Waals surface area contributed by atoms with Gasteiger partial charge in [-0.3, -0.25) is 0 Å². The molecular formula is C15H20N2S. The van der Waals surface area contributed by atoms with Gasteiger partial charge in [-0.1, -0.05) is 37.6 Å². The molecule has 0 saturated heterocycles. The number of hydrogen-bond acceptors (Lipinski definition) is 3. The Morgan fingerprint density at radius 1 is 1.33 bits per heavy atom. The number of thiazole rings is 1. The summed E-state index contributed by atoms with van der Waals surface area (Å²) in [5.41, 5.74) is 3.73. The van der Waals surface area contributed by atoms with Crippen LogP contribution < -0.4 is 5.32 Å². The summed E-state index contributed by atoms with van der Waals surface area (Å²) >= 11 is 1.73. The van der Waals surface area contributed by atoms with Gasteiger partial charge in [0.2, 0.25) is 0 Å². The first kappa shape index (κ1) is 13.2. The van der Waals surface area contributed by atoms with Crippen molar-refractivity contribution in [2.45, 2.75) is 26.2 Å². The molecule has 1 N–H and O–H groups in total. The fraction of sp³-hybridized carbons (Fsp3) is 0.400. The fourth-order valence-corrected chi connectivity index (χ4v) is 3.04. The van der Waals surface area contributed by atoms with Crippen molar-refractivity contribution >= 4 is 11.3 Å². The maximum atomic E-state index is 4.79. The number of nitrogens with zero attached hydrogens (tertiary/aromatic N) is 1. The Morgan fingerprint density at radius 3 is 2.78 bits per heavy atom. The lowest BCUT2D eigenvalue weighted by Crippen LogP contribution is -2.30. The second kappa shape index (κ2) is 5.21. The summed E-state index contributed by atoms with van der Waals surface area (Å²) in [6.07, 6.45) is 0. The van der Waals surface area contributed by atoms with Crippen molar-refractivity contribution in [1.29, 1.82) is 0 Å². The predicted octanol–water partition coefficient (Wildman–Crippen LogP) is 3.62. The van der Waals surface area contributed by atoms with E-state index in [9.17, 15) is 0 Å². The van der Waals surface area contributed by atoms with E-state index in [1.807, 2.05) is 7.05 Å². The van der Waals surface area contributed by atoms with Crippen molar-refractivity contribution in [2.75, 3.05) is 13.6 Å². The topological polar surface area (TPSA) is 24.9 Å². The van der Waals surface area contributed by atoms with Crippen LogP contribution >= 0.6 is 11.3 Å². The molecule has 0 aliphatic rings. The summed E-state index contributed by atoms with van der Waals surface area (Å²) in [4.78, 5) is 4.79. The van der Waals surface area contributed by atoms with Crippen LogP contribution in [0.1, 0.15) is 25.1 Å². The van der Waals surface area contributed by atoms with Gasteiger partial charge in [0.1, 0.15) is 5.01 Å². The summed E-state index contributed by atoms with van der Waals surface area (Å²) in [6, 6.07) is 8.52. The van der Waals surface area contributed by atoms with Crippen LogP contribution in [-0.4, -0.2) is 18.6 Å². The molecule has 2 rings (SSSR count). The third-order valence-corrected chi connectivity index (χ3v) is 3.97. The van der Waals surface area contributed by atoms with Crippen LogP contribution in [0.3, 0.4) is 0 Å². The molecule has 0 aliphatic carbocycles. The van der Waals surface area contributed by atoms with Crippen molar-refractivity contribution < 1.29 is 0 Å². The van der Waals surface area contributed by atoms with Gasteiger partial charge in [0.05, 0.1) is 5.69 Å². The molecule has 1 aromatic carbocycles. The number of rotatable bonds is 4. The summed E-state index contributed by atoms with van der Waals surface area (Å²) in [5.74, 6) is 0. The first-order valence-corrected chi connectivity index (χ1v) is 7.08. The molecule has 2 nitrogen and oxygen atoms in total. The third-order valence-electron chi connectivity index (χ3n) is 3.08. The second-order valence-electron chi connectivity index (χ2n) is 5.32. The zero-order valence-corrected chi connectivity index (χ0v) is 12.3. The van der Waals surface area contributed by atoms with Crippen molar-refractivity contribution in [2.24, 2.45) is 0 Å². The van der Waals surface area contributed by atoms with Crippen molar-refractivity contribution in [3.63, 3.8) is 0 Å². The maximum Gasteiger partial charge on any atom is 0.123 e. The van der Waals surface area contributed by atoms with Crippen molar-refractivity contribution in [1.82, 2.24) is 10.3 Å². The highest BCUT2D eigenvalue weighted by atomic mass is 32.1. The van der Waals surface area contributed by atoms with Crippen LogP contribution in [0.25, 0.3) is 10.6 Å². The number of nitrogens with one attached hydrogen (secondary N) is 1. The van der Waals surface area contributed by atoms with E-state index in [0.717, 1.165) is 11.6 Å². The molecule has 0 fully saturated rings. The largest absolute Gasteiger partial charge is 0.319 e. The number of aromatic nitrogens is 1. The normalized spacial score (nSPS) is 11.8. The highest BCUT2D eigenvalue weighted by molar-refractivity contribution is 7.13. The molecule has 0 saturated carbocycles. The van der Waals surface area contributed by atoms with Gasteiger partial charge in [0.15, 0.2) is 0 Å². The van der Waals surface area contributed by atoms with E-state index in [2.05, 4.69) is 55.7 Å². The molecule has 0 bridgehead atoms. The predicted molar refractivity (Wildman–Crippen MR) is 79.2 cm³/mol. The molecule has 1 heterocycles. The molecule has 0 amide bonds. The third kappa shape index (κ3) is 2.79. The lowest BCUT2D eigenvalue weighted by molar-refractivity contribution is 0.483. The standard InChI is InChI=1S/C15H20N2S/c1-11-6-5-7-12(8-11)14-17-13(9-18-14)15(2,3)10-16-4/h5-9,16H,10H2,1-4H3. The average molecular weight is 260 g/mol. The van der Waals surface area contributed by atoms with E-state index >= 15 is 0 Å². The van der Waals surface area contributed by atoms with Gasteiger partial charge in [0, 0.05) is 22.9 Å². The van der Waals surface area contributed by atoms with E-state index in [0.29, 0.717) is 0 Å². The highest BCUT2D eigenvalue weighted by Gasteiger charge is 2.23. The zero-order chi connectivity index (χ0) is 13.2. The number of benzene rings is 1. The molecule has 18 heavy (non-hydrogen) atoms. The molecule has 2 aromatic rings. The van der Waals surface area contributed by atoms with Crippen molar-refractivity contribution in [3.8, 4) is 10.6 Å². The minimum Gasteiger partial charge on any atom is -0.319 e. The van der Waals surface area contributed by atoms with Gasteiger partial charge in [-0.05, 0) is 20.0 Å². The van der Waals surface area contributed by atoms with Gasteiger partial charge in [-0.15, -0.1) is 11.3 Å². The van der Waals surface area contributed by atoms with Crippen LogP contribution in [-0.2, 0) is 5.41 Å². The summed E-state index contributed by atoms with van der Waals surface area (Å²) in [5, 5.41) is 6.51. The average Bonchev–Trinajstić information content (AvgIpc) is 2.78. The molecule has 0 aliphatic heterocycles. The van der Waals surface area contributed by atoms with Gasteiger partial charge in [-0.2, -0.15) is 0 Å². The van der Waals surface area contributed by atoms with Gasteiger partial charge in [-0.25, -0.2) is 4.98 Å². The van der Waals surface area contributed by atoms with E-state index < -0.39 is 0 Å². The Labute approximate surface area is 113 Å². The number of aryl methyl sites for hydroxylation is 1. The Balaban J connectivity index is 2.31. The number of hydrogen-bond donors (Lipinski definition) is 1. The molecule has 0 spiro atoms. The smallest absolute Gasteiger partial charge is 0.123 e. The monoisotopic (exact) mass is 260 g/mol. The summed E-state index contributed by atoms with van der Waals surface area (Å²) in [7, 11) is 1.98. The molecule has 0 radical (unpaired) electrons. The lowest BCUT2D eigenvalue weighted by Gasteiger charge is -2.21. The number of likely N-dealkylation sites (N-methyl/N-ethyl adjacent to an activating group) is 1. The van der Waals surface area contributed by atoms with Crippen LogP contribution in [0, 0.1) is 6.92 Å². The molecule has 1 aromatic heterocycles. The van der Waals surface area contributed by atoms with Crippen molar-refractivity contribution in [3.05, 3.63) is 40.9 Å². The first-order chi connectivity index (χ1) is 8.53. The van der Waals surface area contributed by atoms with Gasteiger partial charge >= 0.3 is 0 Å². The SMILES string of the molecule is CNCC(C)(C)c1csc(-c2cccc(C)c2)n1. The Bertz CT molecular complexity index is 529. The second-order valence-corrected chi connectivity index (χ2v) is 6.18. The van der Waals surface area contributed by atoms with Gasteiger partial charge in [0.25, 0.3) is 0 Å². The fourth-order valence-electron chi connectivity index (χ4n) is 2.03. The van der Waals surface area contributed by atoms with E-state index in [1.54, 1.807) is 11.3 Å². The first-order valence-electron chi connectivity index (χ1n) is 6.20. The molecule has 0 atom stereocenters. The quantitative estimate of drug-likeness (QED) is 0.908. The Hall–Kier alpha value is -1.19. The van der Waals surface area contributed by atoms with Crippen LogP contribution in [0.15, 0.2) is 29.6 Å². The minimum atomic E-state index is 0.0767. The van der Waals surface area contributed by atoms with Crippen LogP contribution in [0.4, 0.5) is 0 Å². The maximum absolute atomic E-state index is 4.79. The van der Waals surface area contributed by atoms with E-state index in [-0.39, 0.29) is 5.41 Å². The molecule has 3 heteroatoms. The molecule has 96 valence electrons. The summed E-state index contributed by atoms with van der Waals surface area (Å²) in [6.45, 7) is 7.49. The summed E-state index contributed by atoms with van der Waals surface area (Å²) < 4.78 is 0. The molecular weight excluding hydrogens is 240 g/mol.